The molecular weight excluding hydrogens is 376 g/mol. The molecule has 1 aromatic rings. The highest BCUT2D eigenvalue weighted by Crippen LogP contribution is 2.50. The van der Waals surface area contributed by atoms with Crippen molar-refractivity contribution in [2.24, 2.45) is 11.3 Å². The number of carbonyl (C=O) groups excluding carboxylic acids is 2. The molecule has 2 N–H and O–H groups in total. The number of urea groups is 1. The SMILES string of the molecule is C[C@@H]1C(=O)NCCN1C(=O)N[C@H](c1ccc(F)c(Cl)c1F)C1CC(C)(C)C1. The first-order valence-corrected chi connectivity index (χ1v) is 9.47. The molecule has 0 bridgehead atoms. The van der Waals surface area contributed by atoms with E-state index in [0.717, 1.165) is 18.9 Å². The van der Waals surface area contributed by atoms with E-state index in [1.54, 1.807) is 6.92 Å². The second-order valence-corrected chi connectivity index (χ2v) is 8.56. The molecule has 27 heavy (non-hydrogen) atoms. The van der Waals surface area contributed by atoms with Crippen LogP contribution < -0.4 is 10.6 Å². The standard InChI is InChI=1S/C19H24ClF2N3O2/c1-10-17(26)23-6-7-25(10)18(27)24-16(11-8-19(2,3)9-11)12-4-5-13(21)14(20)15(12)22/h4-5,10-11,16H,6-9H2,1-3H3,(H,23,26)(H,24,27)/t10-,16+/m1/s1. The molecule has 3 amide bonds. The number of hydrogen-bond acceptors (Lipinski definition) is 2. The summed E-state index contributed by atoms with van der Waals surface area (Å²) in [7, 11) is 0. The van der Waals surface area contributed by atoms with Crippen LogP contribution in [0.5, 0.6) is 0 Å². The minimum absolute atomic E-state index is 0.00824. The average Bonchev–Trinajstić information content (AvgIpc) is 2.58. The molecule has 1 aromatic carbocycles. The smallest absolute Gasteiger partial charge is 0.318 e. The molecule has 8 heteroatoms. The van der Waals surface area contributed by atoms with Gasteiger partial charge in [-0.3, -0.25) is 4.79 Å². The van der Waals surface area contributed by atoms with Gasteiger partial charge in [0.25, 0.3) is 0 Å². The monoisotopic (exact) mass is 399 g/mol. The van der Waals surface area contributed by atoms with Crippen LogP contribution >= 0.6 is 11.6 Å². The number of halogens is 3. The number of rotatable bonds is 3. The Kier molecular flexibility index (Phi) is 5.34. The molecule has 1 saturated heterocycles. The third-order valence-corrected chi connectivity index (χ3v) is 5.89. The fraction of sp³-hybridized carbons (Fsp3) is 0.579. The molecular formula is C19H24ClF2N3O2. The van der Waals surface area contributed by atoms with E-state index in [-0.39, 0.29) is 22.8 Å². The molecule has 1 heterocycles. The highest BCUT2D eigenvalue weighted by atomic mass is 35.5. The molecule has 0 unspecified atom stereocenters. The van der Waals surface area contributed by atoms with E-state index in [9.17, 15) is 18.4 Å². The van der Waals surface area contributed by atoms with E-state index >= 15 is 0 Å². The van der Waals surface area contributed by atoms with Gasteiger partial charge in [0.15, 0.2) is 0 Å². The van der Waals surface area contributed by atoms with Gasteiger partial charge in [0.2, 0.25) is 5.91 Å². The Morgan fingerprint density at radius 2 is 2.04 bits per heavy atom. The average molecular weight is 400 g/mol. The topological polar surface area (TPSA) is 61.4 Å². The number of benzene rings is 1. The molecule has 1 aliphatic carbocycles. The predicted molar refractivity (Wildman–Crippen MR) is 98.3 cm³/mol. The summed E-state index contributed by atoms with van der Waals surface area (Å²) in [5.41, 5.74) is 0.274. The van der Waals surface area contributed by atoms with Gasteiger partial charge in [-0.15, -0.1) is 0 Å². The maximum atomic E-state index is 14.7. The largest absolute Gasteiger partial charge is 0.353 e. The summed E-state index contributed by atoms with van der Waals surface area (Å²) in [6, 6.07) is 0.756. The lowest BCUT2D eigenvalue weighted by Gasteiger charge is -2.47. The van der Waals surface area contributed by atoms with Gasteiger partial charge in [-0.2, -0.15) is 0 Å². The highest BCUT2D eigenvalue weighted by molar-refractivity contribution is 6.31. The van der Waals surface area contributed by atoms with E-state index in [0.29, 0.717) is 13.1 Å². The fourth-order valence-corrected chi connectivity index (χ4v) is 4.27. The van der Waals surface area contributed by atoms with Crippen LogP contribution in [0.2, 0.25) is 5.02 Å². The zero-order valence-corrected chi connectivity index (χ0v) is 16.4. The van der Waals surface area contributed by atoms with Crippen molar-refractivity contribution in [1.29, 1.82) is 0 Å². The summed E-state index contributed by atoms with van der Waals surface area (Å²) in [6.07, 6.45) is 1.59. The first kappa shape index (κ1) is 19.9. The van der Waals surface area contributed by atoms with Gasteiger partial charge in [0.1, 0.15) is 22.7 Å². The van der Waals surface area contributed by atoms with Crippen LogP contribution in [-0.2, 0) is 4.79 Å². The molecule has 2 fully saturated rings. The molecule has 2 atom stereocenters. The number of piperazine rings is 1. The summed E-state index contributed by atoms with van der Waals surface area (Å²) >= 11 is 5.75. The first-order chi connectivity index (χ1) is 12.6. The van der Waals surface area contributed by atoms with Crippen molar-refractivity contribution >= 4 is 23.5 Å². The van der Waals surface area contributed by atoms with Crippen LogP contribution in [0.4, 0.5) is 13.6 Å². The summed E-state index contributed by atoms with van der Waals surface area (Å²) < 4.78 is 28.2. The van der Waals surface area contributed by atoms with Crippen molar-refractivity contribution in [3.05, 3.63) is 34.4 Å². The van der Waals surface area contributed by atoms with Crippen LogP contribution in [0.25, 0.3) is 0 Å². The lowest BCUT2D eigenvalue weighted by Crippen LogP contribution is -2.59. The van der Waals surface area contributed by atoms with Gasteiger partial charge < -0.3 is 15.5 Å². The van der Waals surface area contributed by atoms with E-state index in [2.05, 4.69) is 24.5 Å². The number of nitrogens with zero attached hydrogens (tertiary/aromatic N) is 1. The van der Waals surface area contributed by atoms with Crippen molar-refractivity contribution in [1.82, 2.24) is 15.5 Å². The predicted octanol–water partition coefficient (Wildman–Crippen LogP) is 3.63. The Hall–Kier alpha value is -1.89. The molecule has 2 aliphatic rings. The Balaban J connectivity index is 1.86. The number of nitrogens with one attached hydrogen (secondary N) is 2. The van der Waals surface area contributed by atoms with Crippen molar-refractivity contribution in [2.75, 3.05) is 13.1 Å². The van der Waals surface area contributed by atoms with Crippen molar-refractivity contribution < 1.29 is 18.4 Å². The van der Waals surface area contributed by atoms with Crippen LogP contribution in [0.3, 0.4) is 0 Å². The molecule has 0 radical (unpaired) electrons. The quantitative estimate of drug-likeness (QED) is 0.762. The van der Waals surface area contributed by atoms with Crippen LogP contribution in [0, 0.1) is 23.0 Å². The lowest BCUT2D eigenvalue weighted by atomic mass is 9.61. The minimum Gasteiger partial charge on any atom is -0.353 e. The molecule has 148 valence electrons. The third kappa shape index (κ3) is 3.88. The zero-order valence-electron chi connectivity index (χ0n) is 15.6. The van der Waals surface area contributed by atoms with Gasteiger partial charge in [-0.1, -0.05) is 31.5 Å². The first-order valence-electron chi connectivity index (χ1n) is 9.09. The molecule has 5 nitrogen and oxygen atoms in total. The van der Waals surface area contributed by atoms with Crippen molar-refractivity contribution in [3.63, 3.8) is 0 Å². The summed E-state index contributed by atoms with van der Waals surface area (Å²) in [5, 5.41) is 4.99. The van der Waals surface area contributed by atoms with Crippen LogP contribution in [0.15, 0.2) is 12.1 Å². The fourth-order valence-electron chi connectivity index (χ4n) is 4.10. The Morgan fingerprint density at radius 1 is 1.37 bits per heavy atom. The number of amides is 3. The van der Waals surface area contributed by atoms with Gasteiger partial charge in [0, 0.05) is 18.7 Å². The highest BCUT2D eigenvalue weighted by Gasteiger charge is 2.43. The molecule has 0 spiro atoms. The normalized spacial score (nSPS) is 23.4. The van der Waals surface area contributed by atoms with Crippen molar-refractivity contribution in [3.8, 4) is 0 Å². The van der Waals surface area contributed by atoms with Crippen molar-refractivity contribution in [2.45, 2.75) is 45.7 Å². The minimum atomic E-state index is -0.851. The van der Waals surface area contributed by atoms with Crippen LogP contribution in [0.1, 0.15) is 45.2 Å². The second-order valence-electron chi connectivity index (χ2n) is 8.18. The maximum absolute atomic E-state index is 14.7. The molecule has 1 aliphatic heterocycles. The molecule has 3 rings (SSSR count). The van der Waals surface area contributed by atoms with E-state index < -0.39 is 34.8 Å². The Labute approximate surface area is 162 Å². The lowest BCUT2D eigenvalue weighted by molar-refractivity contribution is -0.127. The number of hydrogen-bond donors (Lipinski definition) is 2. The van der Waals surface area contributed by atoms with E-state index in [1.807, 2.05) is 0 Å². The zero-order chi connectivity index (χ0) is 19.9. The van der Waals surface area contributed by atoms with Gasteiger partial charge >= 0.3 is 6.03 Å². The Morgan fingerprint density at radius 3 is 2.67 bits per heavy atom. The summed E-state index contributed by atoms with van der Waals surface area (Å²) in [4.78, 5) is 26.1. The maximum Gasteiger partial charge on any atom is 0.318 e. The van der Waals surface area contributed by atoms with E-state index in [1.165, 1.54) is 11.0 Å². The molecule has 1 saturated carbocycles. The second kappa shape index (κ2) is 7.26. The third-order valence-electron chi connectivity index (χ3n) is 5.54. The van der Waals surface area contributed by atoms with Gasteiger partial charge in [-0.05, 0) is 37.2 Å². The number of carbonyl (C=O) groups is 2. The summed E-state index contributed by atoms with van der Waals surface area (Å²) in [6.45, 7) is 6.59. The van der Waals surface area contributed by atoms with Crippen LogP contribution in [-0.4, -0.2) is 36.0 Å². The Bertz CT molecular complexity index is 764. The molecule has 0 aromatic heterocycles. The van der Waals surface area contributed by atoms with Gasteiger partial charge in [-0.25, -0.2) is 13.6 Å². The van der Waals surface area contributed by atoms with Gasteiger partial charge in [0.05, 0.1) is 6.04 Å². The van der Waals surface area contributed by atoms with E-state index in [4.69, 9.17) is 11.6 Å². The summed E-state index contributed by atoms with van der Waals surface area (Å²) in [5.74, 6) is -1.91.